The number of fused-ring (bicyclic) bond motifs is 1. The van der Waals surface area contributed by atoms with Crippen molar-refractivity contribution in [2.45, 2.75) is 6.54 Å². The number of carbonyl (C=O) groups is 1. The van der Waals surface area contributed by atoms with Crippen LogP contribution in [0.4, 0.5) is 11.4 Å². The van der Waals surface area contributed by atoms with E-state index in [4.69, 9.17) is 19.2 Å². The summed E-state index contributed by atoms with van der Waals surface area (Å²) in [6.45, 7) is 1.43. The predicted molar refractivity (Wildman–Crippen MR) is 132 cm³/mol. The number of para-hydroxylation sites is 1. The number of nitrogens with zero attached hydrogens (tertiary/aromatic N) is 2. The number of methoxy groups -OCH3 is 1. The van der Waals surface area contributed by atoms with Crippen molar-refractivity contribution in [3.05, 3.63) is 90.3 Å². The molecule has 0 saturated heterocycles. The molecule has 4 aromatic rings. The zero-order chi connectivity index (χ0) is 24.0. The Morgan fingerprint density at radius 3 is 2.69 bits per heavy atom. The maximum atomic E-state index is 12.3. The Bertz CT molecular complexity index is 1340. The van der Waals surface area contributed by atoms with E-state index in [2.05, 4.69) is 15.6 Å². The van der Waals surface area contributed by atoms with E-state index in [-0.39, 0.29) is 5.91 Å². The van der Waals surface area contributed by atoms with Gasteiger partial charge in [0, 0.05) is 35.8 Å². The van der Waals surface area contributed by atoms with Crippen molar-refractivity contribution < 1.29 is 19.0 Å². The molecule has 8 heteroatoms. The van der Waals surface area contributed by atoms with Crippen LogP contribution in [0, 0.1) is 0 Å². The number of nitrogens with one attached hydrogen (secondary N) is 2. The molecule has 0 bridgehead atoms. The quantitative estimate of drug-likeness (QED) is 0.409. The van der Waals surface area contributed by atoms with Crippen LogP contribution >= 0.6 is 0 Å². The van der Waals surface area contributed by atoms with Gasteiger partial charge in [-0.25, -0.2) is 4.98 Å². The smallest absolute Gasteiger partial charge is 0.251 e. The number of anilines is 2. The van der Waals surface area contributed by atoms with Crippen LogP contribution in [0.3, 0.4) is 0 Å². The molecule has 1 aliphatic rings. The summed E-state index contributed by atoms with van der Waals surface area (Å²) in [4.78, 5) is 21.0. The molecule has 1 aliphatic heterocycles. The third-order valence-corrected chi connectivity index (χ3v) is 5.50. The van der Waals surface area contributed by atoms with E-state index >= 15 is 0 Å². The molecule has 0 atom stereocenters. The Morgan fingerprint density at radius 2 is 1.83 bits per heavy atom. The van der Waals surface area contributed by atoms with Gasteiger partial charge in [-0.05, 0) is 54.1 Å². The average molecular weight is 469 g/mol. The van der Waals surface area contributed by atoms with E-state index in [9.17, 15) is 4.79 Å². The van der Waals surface area contributed by atoms with E-state index in [1.165, 1.54) is 0 Å². The molecule has 8 nitrogen and oxygen atoms in total. The molecule has 1 amide bonds. The molecule has 0 radical (unpaired) electrons. The first-order chi connectivity index (χ1) is 17.2. The lowest BCUT2D eigenvalue weighted by atomic mass is 10.1. The summed E-state index contributed by atoms with van der Waals surface area (Å²) in [5, 5.41) is 6.29. The summed E-state index contributed by atoms with van der Waals surface area (Å²) in [5.41, 5.74) is 4.66. The number of benzene rings is 2. The van der Waals surface area contributed by atoms with Crippen LogP contribution in [0.2, 0.25) is 0 Å². The molecule has 0 saturated carbocycles. The predicted octanol–water partition coefficient (Wildman–Crippen LogP) is 4.60. The van der Waals surface area contributed by atoms with Gasteiger partial charge in [0.25, 0.3) is 5.91 Å². The molecule has 2 N–H and O–H groups in total. The minimum absolute atomic E-state index is 0.148. The molecule has 0 fully saturated rings. The third-order valence-electron chi connectivity index (χ3n) is 5.50. The third kappa shape index (κ3) is 5.01. The fourth-order valence-electron chi connectivity index (χ4n) is 3.82. The Hall–Kier alpha value is -4.59. The van der Waals surface area contributed by atoms with Gasteiger partial charge >= 0.3 is 0 Å². The van der Waals surface area contributed by atoms with Crippen LogP contribution in [-0.4, -0.2) is 36.2 Å². The van der Waals surface area contributed by atoms with E-state index in [1.54, 1.807) is 31.6 Å². The molecule has 3 heterocycles. The van der Waals surface area contributed by atoms with Crippen molar-refractivity contribution in [2.24, 2.45) is 0 Å². The zero-order valence-electron chi connectivity index (χ0n) is 19.2. The van der Waals surface area contributed by atoms with Gasteiger partial charge in [-0.15, -0.1) is 0 Å². The summed E-state index contributed by atoms with van der Waals surface area (Å²) >= 11 is 0. The fourth-order valence-corrected chi connectivity index (χ4v) is 3.82. The van der Waals surface area contributed by atoms with Crippen LogP contribution in [0.25, 0.3) is 11.3 Å². The van der Waals surface area contributed by atoms with Gasteiger partial charge < -0.3 is 24.8 Å². The fraction of sp³-hybridized carbons (Fsp3) is 0.148. The van der Waals surface area contributed by atoms with Gasteiger partial charge in [0.15, 0.2) is 11.5 Å². The van der Waals surface area contributed by atoms with Crippen molar-refractivity contribution >= 4 is 17.3 Å². The van der Waals surface area contributed by atoms with Crippen molar-refractivity contribution in [2.75, 3.05) is 25.6 Å². The number of hydrogen-bond donors (Lipinski definition) is 2. The van der Waals surface area contributed by atoms with Crippen molar-refractivity contribution in [3.8, 4) is 28.6 Å². The largest absolute Gasteiger partial charge is 0.486 e. The monoisotopic (exact) mass is 468 g/mol. The highest BCUT2D eigenvalue weighted by Gasteiger charge is 2.19. The van der Waals surface area contributed by atoms with Crippen LogP contribution in [0.15, 0.2) is 79.1 Å². The maximum Gasteiger partial charge on any atom is 0.251 e. The lowest BCUT2D eigenvalue weighted by Gasteiger charge is -2.21. The highest BCUT2D eigenvalue weighted by molar-refractivity contribution is 5.93. The standard InChI is InChI=1S/C27H24N4O4/c1-33-27-23(9-8-22(31-27)21-6-3-7-24-25(21)35-15-14-34-24)30-20-5-2-4-18(16-20)17-29-26(32)19-10-12-28-13-11-19/h2-13,16,30H,14-15,17H2,1H3,(H,29,32). The topological polar surface area (TPSA) is 94.6 Å². The minimum Gasteiger partial charge on any atom is -0.486 e. The summed E-state index contributed by atoms with van der Waals surface area (Å²) in [5.74, 6) is 1.71. The molecule has 0 spiro atoms. The number of carbonyl (C=O) groups excluding carboxylic acids is 1. The lowest BCUT2D eigenvalue weighted by molar-refractivity contribution is 0.0951. The summed E-state index contributed by atoms with van der Waals surface area (Å²) in [6.07, 6.45) is 3.19. The molecular weight excluding hydrogens is 444 g/mol. The van der Waals surface area contributed by atoms with Gasteiger partial charge in [-0.1, -0.05) is 18.2 Å². The second kappa shape index (κ2) is 10.1. The SMILES string of the molecule is COc1nc(-c2cccc3c2OCCO3)ccc1Nc1cccc(CNC(=O)c2ccncc2)c1. The minimum atomic E-state index is -0.148. The normalized spacial score (nSPS) is 12.0. The molecule has 2 aromatic heterocycles. The van der Waals surface area contributed by atoms with Crippen molar-refractivity contribution in [1.29, 1.82) is 0 Å². The van der Waals surface area contributed by atoms with E-state index in [0.717, 1.165) is 28.2 Å². The first-order valence-corrected chi connectivity index (χ1v) is 11.2. The summed E-state index contributed by atoms with van der Waals surface area (Å²) in [6, 6.07) is 20.8. The first kappa shape index (κ1) is 22.2. The van der Waals surface area contributed by atoms with Gasteiger partial charge in [0.2, 0.25) is 5.88 Å². The number of ether oxygens (including phenoxy) is 3. The van der Waals surface area contributed by atoms with E-state index < -0.39 is 0 Å². The lowest BCUT2D eigenvalue weighted by Crippen LogP contribution is -2.22. The van der Waals surface area contributed by atoms with Crippen LogP contribution in [0.5, 0.6) is 17.4 Å². The Morgan fingerprint density at radius 1 is 1.00 bits per heavy atom. The number of aromatic nitrogens is 2. The molecule has 176 valence electrons. The second-order valence-corrected chi connectivity index (χ2v) is 7.83. The summed E-state index contributed by atoms with van der Waals surface area (Å²) < 4.78 is 17.1. The van der Waals surface area contributed by atoms with E-state index in [1.807, 2.05) is 54.6 Å². The van der Waals surface area contributed by atoms with Crippen LogP contribution < -0.4 is 24.8 Å². The number of amides is 1. The summed E-state index contributed by atoms with van der Waals surface area (Å²) in [7, 11) is 1.59. The molecular formula is C27H24N4O4. The molecule has 35 heavy (non-hydrogen) atoms. The maximum absolute atomic E-state index is 12.3. The van der Waals surface area contributed by atoms with Crippen molar-refractivity contribution in [1.82, 2.24) is 15.3 Å². The Kier molecular flexibility index (Phi) is 6.43. The number of rotatable bonds is 7. The van der Waals surface area contributed by atoms with Crippen LogP contribution in [0.1, 0.15) is 15.9 Å². The molecule has 5 rings (SSSR count). The highest BCUT2D eigenvalue weighted by Crippen LogP contribution is 2.40. The van der Waals surface area contributed by atoms with Gasteiger partial charge in [0.05, 0.1) is 12.8 Å². The molecule has 0 aliphatic carbocycles. The van der Waals surface area contributed by atoms with Crippen molar-refractivity contribution in [3.63, 3.8) is 0 Å². The highest BCUT2D eigenvalue weighted by atomic mass is 16.6. The van der Waals surface area contributed by atoms with Gasteiger partial charge in [-0.2, -0.15) is 0 Å². The van der Waals surface area contributed by atoms with Crippen LogP contribution in [-0.2, 0) is 6.54 Å². The van der Waals surface area contributed by atoms with Gasteiger partial charge in [-0.3, -0.25) is 9.78 Å². The zero-order valence-corrected chi connectivity index (χ0v) is 19.2. The molecule has 0 unspecified atom stereocenters. The Balaban J connectivity index is 1.32. The first-order valence-electron chi connectivity index (χ1n) is 11.2. The van der Waals surface area contributed by atoms with E-state index in [0.29, 0.717) is 42.7 Å². The second-order valence-electron chi connectivity index (χ2n) is 7.83. The Labute approximate surface area is 202 Å². The number of hydrogen-bond acceptors (Lipinski definition) is 7. The van der Waals surface area contributed by atoms with Gasteiger partial charge in [0.1, 0.15) is 18.9 Å². The average Bonchev–Trinajstić information content (AvgIpc) is 2.92. The molecule has 2 aromatic carbocycles. The number of pyridine rings is 2.